The highest BCUT2D eigenvalue weighted by Crippen LogP contribution is 2.34. The molecule has 230 valence electrons. The maximum absolute atomic E-state index is 13.1. The summed E-state index contributed by atoms with van der Waals surface area (Å²) in [5, 5.41) is 22.9. The SMILES string of the molecule is COCCS(=O)(=O)c1ccc(N=Nc2c(C)[nH]n(-c3ccc(S(=O)(=O)CCOS(=O)(=O)O)cc3)c2=O)c(SOOO)c1. The zero-order valence-electron chi connectivity index (χ0n) is 21.7. The van der Waals surface area contributed by atoms with E-state index < -0.39 is 48.0 Å². The van der Waals surface area contributed by atoms with Crippen molar-refractivity contribution in [1.29, 1.82) is 0 Å². The second-order valence-electron chi connectivity index (χ2n) is 8.16. The molecular weight excluding hydrogens is 645 g/mol. The van der Waals surface area contributed by atoms with Crippen LogP contribution in [0.25, 0.3) is 5.69 Å². The Balaban J connectivity index is 1.87. The molecule has 42 heavy (non-hydrogen) atoms. The van der Waals surface area contributed by atoms with Gasteiger partial charge in [-0.05, 0) is 49.4 Å². The number of methoxy groups -OCH3 is 1. The Kier molecular flexibility index (Phi) is 11.2. The van der Waals surface area contributed by atoms with Crippen molar-refractivity contribution >= 4 is 53.5 Å². The van der Waals surface area contributed by atoms with Gasteiger partial charge in [-0.25, -0.2) is 31.0 Å². The molecule has 3 rings (SSSR count). The fourth-order valence-corrected chi connectivity index (χ4v) is 6.54. The topological polar surface area (TPSA) is 242 Å². The summed E-state index contributed by atoms with van der Waals surface area (Å²) in [5.74, 6) is -1.02. The molecule has 3 aromatic rings. The summed E-state index contributed by atoms with van der Waals surface area (Å²) >= 11 is 0.444. The van der Waals surface area contributed by atoms with Gasteiger partial charge in [-0.3, -0.25) is 14.4 Å². The average molecular weight is 669 g/mol. The summed E-state index contributed by atoms with van der Waals surface area (Å²) in [6, 6.07) is 8.82. The van der Waals surface area contributed by atoms with E-state index >= 15 is 0 Å². The number of aryl methyl sites for hydroxylation is 1. The molecule has 0 unspecified atom stereocenters. The van der Waals surface area contributed by atoms with Crippen molar-refractivity contribution < 1.29 is 53.4 Å². The number of benzene rings is 2. The molecule has 21 heteroatoms. The van der Waals surface area contributed by atoms with Crippen molar-refractivity contribution in [2.24, 2.45) is 10.2 Å². The average Bonchev–Trinajstić information content (AvgIpc) is 3.21. The number of sulfone groups is 2. The van der Waals surface area contributed by atoms with Gasteiger partial charge in [0.05, 0.1) is 62.8 Å². The summed E-state index contributed by atoms with van der Waals surface area (Å²) in [6.07, 6.45) is 0. The van der Waals surface area contributed by atoms with Gasteiger partial charge in [0.25, 0.3) is 5.56 Å². The number of ether oxygens (including phenoxy) is 1. The van der Waals surface area contributed by atoms with Crippen LogP contribution in [0.15, 0.2) is 72.2 Å². The number of rotatable bonds is 15. The zero-order valence-corrected chi connectivity index (χ0v) is 25.0. The minimum atomic E-state index is -4.79. The summed E-state index contributed by atoms with van der Waals surface area (Å²) in [4.78, 5) is 12.9. The molecule has 0 amide bonds. The van der Waals surface area contributed by atoms with Crippen LogP contribution in [0.1, 0.15) is 5.69 Å². The minimum Gasteiger partial charge on any atom is -0.384 e. The number of hydrogen-bond donors (Lipinski definition) is 3. The van der Waals surface area contributed by atoms with Crippen LogP contribution in [0.4, 0.5) is 11.4 Å². The summed E-state index contributed by atoms with van der Waals surface area (Å²) in [6.45, 7) is 0.703. The highest BCUT2D eigenvalue weighted by atomic mass is 32.3. The number of nitrogens with one attached hydrogen (secondary N) is 1. The predicted octanol–water partition coefficient (Wildman–Crippen LogP) is 2.33. The number of azo groups is 1. The molecule has 1 aromatic heterocycles. The van der Waals surface area contributed by atoms with E-state index in [0.29, 0.717) is 12.0 Å². The lowest BCUT2D eigenvalue weighted by atomic mass is 10.3. The second kappa shape index (κ2) is 14.0. The van der Waals surface area contributed by atoms with Gasteiger partial charge in [0.1, 0.15) is 5.69 Å². The molecule has 0 aliphatic rings. The number of hydrogen-bond acceptors (Lipinski definition) is 15. The third-order valence-electron chi connectivity index (χ3n) is 5.34. The Labute approximate surface area is 243 Å². The van der Waals surface area contributed by atoms with Gasteiger partial charge < -0.3 is 4.74 Å². The molecule has 0 saturated carbocycles. The van der Waals surface area contributed by atoms with Gasteiger partial charge in [-0.1, -0.05) is 5.04 Å². The molecule has 0 radical (unpaired) electrons. The van der Waals surface area contributed by atoms with Crippen LogP contribution in [0.2, 0.25) is 0 Å². The van der Waals surface area contributed by atoms with Crippen molar-refractivity contribution in [3.8, 4) is 5.69 Å². The minimum absolute atomic E-state index is 0.0356. The van der Waals surface area contributed by atoms with Crippen LogP contribution in [-0.2, 0) is 48.4 Å². The fourth-order valence-electron chi connectivity index (χ4n) is 3.31. The number of aromatic amines is 1. The molecule has 0 aliphatic carbocycles. The van der Waals surface area contributed by atoms with Crippen molar-refractivity contribution in [1.82, 2.24) is 9.78 Å². The molecule has 0 aliphatic heterocycles. The molecule has 3 N–H and O–H groups in total. The number of nitrogens with zero attached hydrogens (tertiary/aromatic N) is 3. The van der Waals surface area contributed by atoms with Gasteiger partial charge >= 0.3 is 10.4 Å². The van der Waals surface area contributed by atoms with E-state index in [1.807, 2.05) is 0 Å². The van der Waals surface area contributed by atoms with Crippen LogP contribution >= 0.6 is 12.0 Å². The second-order valence-corrected chi connectivity index (χ2v) is 14.2. The van der Waals surface area contributed by atoms with Crippen molar-refractivity contribution in [3.63, 3.8) is 0 Å². The standard InChI is InChI=1S/C21H24N4O13S4/c1-14-20(23-22-18-8-7-17(13-19(18)39-38-37-27)41(30,31)11-9-35-2)21(26)25(24-14)15-3-5-16(6-4-15)40(28,29)12-10-36-42(32,33)34/h3-8,13,24,27H,9-12H2,1-2H3,(H,32,33,34). The Bertz CT molecular complexity index is 1820. The van der Waals surface area contributed by atoms with Crippen molar-refractivity contribution in [2.45, 2.75) is 21.6 Å². The Morgan fingerprint density at radius 3 is 2.17 bits per heavy atom. The molecular formula is C21H24N4O13S4. The molecule has 0 fully saturated rings. The van der Waals surface area contributed by atoms with Crippen molar-refractivity contribution in [3.05, 3.63) is 58.5 Å². The van der Waals surface area contributed by atoms with E-state index in [4.69, 9.17) is 14.5 Å². The molecule has 0 spiro atoms. The number of H-pyrrole nitrogens is 1. The lowest BCUT2D eigenvalue weighted by Gasteiger charge is -2.07. The predicted molar refractivity (Wildman–Crippen MR) is 146 cm³/mol. The van der Waals surface area contributed by atoms with Crippen LogP contribution in [0.3, 0.4) is 0 Å². The van der Waals surface area contributed by atoms with E-state index in [9.17, 15) is 30.0 Å². The lowest BCUT2D eigenvalue weighted by Crippen LogP contribution is -2.16. The third-order valence-corrected chi connectivity index (χ3v) is 9.81. The van der Waals surface area contributed by atoms with E-state index in [-0.39, 0.29) is 49.8 Å². The summed E-state index contributed by atoms with van der Waals surface area (Å²) < 4.78 is 94.0. The first-order valence-electron chi connectivity index (χ1n) is 11.4. The Morgan fingerprint density at radius 1 is 0.929 bits per heavy atom. The van der Waals surface area contributed by atoms with E-state index in [0.717, 1.165) is 4.68 Å². The monoisotopic (exact) mass is 668 g/mol. The quantitative estimate of drug-likeness (QED) is 0.0692. The molecule has 1 heterocycles. The van der Waals surface area contributed by atoms with Gasteiger partial charge in [-0.2, -0.15) is 8.42 Å². The van der Waals surface area contributed by atoms with Gasteiger partial charge in [0.15, 0.2) is 25.4 Å². The summed E-state index contributed by atoms with van der Waals surface area (Å²) in [5.41, 5.74) is -0.196. The normalized spacial score (nSPS) is 12.8. The van der Waals surface area contributed by atoms with Gasteiger partial charge in [0, 0.05) is 7.11 Å². The maximum Gasteiger partial charge on any atom is 0.397 e. The maximum atomic E-state index is 13.1. The zero-order chi connectivity index (χ0) is 31.1. The Morgan fingerprint density at radius 2 is 1.55 bits per heavy atom. The molecule has 0 bridgehead atoms. The lowest BCUT2D eigenvalue weighted by molar-refractivity contribution is -0.432. The van der Waals surface area contributed by atoms with Crippen LogP contribution in [0.5, 0.6) is 0 Å². The summed E-state index contributed by atoms with van der Waals surface area (Å²) in [7, 11) is -11.1. The van der Waals surface area contributed by atoms with E-state index in [1.165, 1.54) is 56.5 Å². The van der Waals surface area contributed by atoms with Gasteiger partial charge in [0.2, 0.25) is 0 Å². The Hall–Kier alpha value is -2.99. The van der Waals surface area contributed by atoms with Crippen LogP contribution < -0.4 is 5.56 Å². The first-order valence-corrected chi connectivity index (χ1v) is 16.8. The number of aromatic nitrogens is 2. The first-order chi connectivity index (χ1) is 19.7. The van der Waals surface area contributed by atoms with Crippen molar-refractivity contribution in [2.75, 3.05) is 31.8 Å². The van der Waals surface area contributed by atoms with E-state index in [2.05, 4.69) is 28.9 Å². The largest absolute Gasteiger partial charge is 0.397 e. The van der Waals surface area contributed by atoms with Crippen LogP contribution in [0, 0.1) is 6.92 Å². The van der Waals surface area contributed by atoms with Crippen LogP contribution in [-0.4, -0.2) is 76.7 Å². The van der Waals surface area contributed by atoms with E-state index in [1.54, 1.807) is 0 Å². The first kappa shape index (κ1) is 33.5. The third kappa shape index (κ3) is 8.76. The highest BCUT2D eigenvalue weighted by molar-refractivity contribution is 7.95. The fraction of sp³-hybridized carbons (Fsp3) is 0.286. The smallest absolute Gasteiger partial charge is 0.384 e. The highest BCUT2D eigenvalue weighted by Gasteiger charge is 2.20. The molecule has 2 aromatic carbocycles. The van der Waals surface area contributed by atoms with Gasteiger partial charge in [-0.15, -0.1) is 14.6 Å². The molecule has 0 saturated heterocycles. The molecule has 17 nitrogen and oxygen atoms in total. The molecule has 0 atom stereocenters.